The van der Waals surface area contributed by atoms with E-state index in [4.69, 9.17) is 9.97 Å². The molecule has 1 aromatic heterocycles. The van der Waals surface area contributed by atoms with E-state index in [0.717, 1.165) is 32.8 Å². The molecule has 0 fully saturated rings. The van der Waals surface area contributed by atoms with Gasteiger partial charge in [-0.3, -0.25) is 0 Å². The van der Waals surface area contributed by atoms with Gasteiger partial charge in [0.25, 0.3) is 0 Å². The van der Waals surface area contributed by atoms with Crippen molar-refractivity contribution in [2.24, 2.45) is 10.8 Å². The third-order valence-electron chi connectivity index (χ3n) is 5.49. The van der Waals surface area contributed by atoms with Crippen LogP contribution in [0.1, 0.15) is 64.3 Å². The first kappa shape index (κ1) is 21.2. The summed E-state index contributed by atoms with van der Waals surface area (Å²) in [6.07, 6.45) is 8.29. The summed E-state index contributed by atoms with van der Waals surface area (Å²) in [4.78, 5) is 9.66. The summed E-state index contributed by atoms with van der Waals surface area (Å²) in [6.45, 7) is 13.5. The van der Waals surface area contributed by atoms with Gasteiger partial charge in [0, 0.05) is 31.3 Å². The van der Waals surface area contributed by atoms with Crippen LogP contribution in [0.5, 0.6) is 0 Å². The maximum absolute atomic E-state index is 4.83. The largest absolute Gasteiger partial charge is 0.347 e. The van der Waals surface area contributed by atoms with E-state index in [9.17, 15) is 0 Å². The summed E-state index contributed by atoms with van der Waals surface area (Å²) in [6, 6.07) is 8.57. The SMILES string of the molecule is CC(C)(C)C1=c2ccc3sc(c4nc(ccc5nc(c(s2)N1)C=C5)C=C4)NC=3C(C)(C)C. The van der Waals surface area contributed by atoms with Crippen molar-refractivity contribution in [2.45, 2.75) is 41.5 Å². The number of hydrogen-bond acceptors (Lipinski definition) is 6. The summed E-state index contributed by atoms with van der Waals surface area (Å²) in [5.41, 5.74) is 6.30. The van der Waals surface area contributed by atoms with Gasteiger partial charge in [-0.15, -0.1) is 22.7 Å². The first-order valence-corrected chi connectivity index (χ1v) is 12.5. The van der Waals surface area contributed by atoms with E-state index in [2.05, 4.69) is 88.6 Å². The number of aromatic nitrogens is 2. The van der Waals surface area contributed by atoms with E-state index < -0.39 is 0 Å². The van der Waals surface area contributed by atoms with E-state index in [1.165, 1.54) is 20.5 Å². The van der Waals surface area contributed by atoms with Crippen LogP contribution in [0.15, 0.2) is 24.3 Å². The Morgan fingerprint density at radius 1 is 0.594 bits per heavy atom. The van der Waals surface area contributed by atoms with Crippen molar-refractivity contribution >= 4 is 68.4 Å². The highest BCUT2D eigenvalue weighted by atomic mass is 32.1. The lowest BCUT2D eigenvalue weighted by atomic mass is 9.91. The molecule has 6 heteroatoms. The average Bonchev–Trinajstić information content (AvgIpc) is 3.48. The summed E-state index contributed by atoms with van der Waals surface area (Å²) in [7, 11) is 0. The van der Waals surface area contributed by atoms with Crippen LogP contribution in [0.25, 0.3) is 35.7 Å². The molecule has 0 amide bonds. The molecule has 1 aromatic rings. The Bertz CT molecular complexity index is 1280. The fourth-order valence-corrected chi connectivity index (χ4v) is 6.19. The zero-order valence-electron chi connectivity index (χ0n) is 19.3. The Balaban J connectivity index is 1.88. The van der Waals surface area contributed by atoms with E-state index >= 15 is 0 Å². The van der Waals surface area contributed by atoms with Crippen LogP contribution in [0.4, 0.5) is 10.0 Å². The summed E-state index contributed by atoms with van der Waals surface area (Å²) in [5, 5.41) is 9.52. The van der Waals surface area contributed by atoms with Crippen molar-refractivity contribution in [3.05, 3.63) is 56.1 Å². The lowest BCUT2D eigenvalue weighted by Crippen LogP contribution is -2.20. The number of fused-ring (bicyclic) bond motifs is 10. The molecule has 5 heterocycles. The van der Waals surface area contributed by atoms with Crippen LogP contribution in [-0.2, 0) is 0 Å². The molecule has 164 valence electrons. The molecule has 2 N–H and O–H groups in total. The number of nitrogens with one attached hydrogen (secondary N) is 2. The van der Waals surface area contributed by atoms with Gasteiger partial charge >= 0.3 is 0 Å². The van der Waals surface area contributed by atoms with Gasteiger partial charge in [0.2, 0.25) is 0 Å². The molecule has 32 heavy (non-hydrogen) atoms. The van der Waals surface area contributed by atoms with Gasteiger partial charge in [0.1, 0.15) is 10.0 Å². The van der Waals surface area contributed by atoms with Gasteiger partial charge in [0.15, 0.2) is 0 Å². The molecule has 4 aliphatic rings. The number of rotatable bonds is 0. The normalized spacial score (nSPS) is 15.3. The molecule has 0 unspecified atom stereocenters. The molecule has 8 bridgehead atoms. The zero-order valence-corrected chi connectivity index (χ0v) is 21.0. The second-order valence-electron chi connectivity index (χ2n) is 10.3. The van der Waals surface area contributed by atoms with Gasteiger partial charge in [-0.1, -0.05) is 41.5 Å². The van der Waals surface area contributed by atoms with E-state index in [1.807, 2.05) is 12.1 Å². The van der Waals surface area contributed by atoms with Crippen LogP contribution in [0.3, 0.4) is 0 Å². The van der Waals surface area contributed by atoms with Crippen LogP contribution in [0, 0.1) is 10.8 Å². The van der Waals surface area contributed by atoms with Gasteiger partial charge in [-0.2, -0.15) is 0 Å². The van der Waals surface area contributed by atoms with Crippen molar-refractivity contribution in [3.8, 4) is 0 Å². The third-order valence-corrected chi connectivity index (χ3v) is 7.64. The quantitative estimate of drug-likeness (QED) is 0.426. The molecule has 4 aliphatic heterocycles. The van der Waals surface area contributed by atoms with E-state index in [1.54, 1.807) is 22.7 Å². The van der Waals surface area contributed by atoms with Crippen molar-refractivity contribution in [1.29, 1.82) is 0 Å². The summed E-state index contributed by atoms with van der Waals surface area (Å²) < 4.78 is 2.48. The topological polar surface area (TPSA) is 49.8 Å². The lowest BCUT2D eigenvalue weighted by Gasteiger charge is -2.21. The number of anilines is 2. The van der Waals surface area contributed by atoms with E-state index in [-0.39, 0.29) is 10.8 Å². The Labute approximate surface area is 197 Å². The molecular weight excluding hydrogens is 432 g/mol. The molecule has 0 aliphatic carbocycles. The molecular formula is C26H28N4S2. The van der Waals surface area contributed by atoms with Gasteiger partial charge in [0.05, 0.1) is 22.8 Å². The molecule has 0 radical (unpaired) electrons. The monoisotopic (exact) mass is 460 g/mol. The Morgan fingerprint density at radius 2 is 1.00 bits per heavy atom. The molecule has 0 atom stereocenters. The third kappa shape index (κ3) is 3.93. The molecule has 4 nitrogen and oxygen atoms in total. The number of hydrogen-bond donors (Lipinski definition) is 2. The first-order valence-electron chi connectivity index (χ1n) is 10.9. The summed E-state index contributed by atoms with van der Waals surface area (Å²) >= 11 is 3.54. The molecule has 5 rings (SSSR count). The Hall–Kier alpha value is -2.70. The molecule has 0 aromatic carbocycles. The highest BCUT2D eigenvalue weighted by Gasteiger charge is 2.25. The zero-order chi connectivity index (χ0) is 22.7. The maximum atomic E-state index is 4.83. The highest BCUT2D eigenvalue weighted by Crippen LogP contribution is 2.35. The van der Waals surface area contributed by atoms with Gasteiger partial charge in [-0.05, 0) is 48.6 Å². The van der Waals surface area contributed by atoms with Crippen LogP contribution in [0.2, 0.25) is 0 Å². The standard InChI is InChI=1S/C26H28N4S2/c1-25(2,3)21-19-13-14-20-22(26(4,5)6)30-24(32-20)18-12-10-16(28-18)8-7-15-9-11-17(27-15)23(29-21)31-19/h7-14,29-30H,1-6H3. The predicted molar refractivity (Wildman–Crippen MR) is 141 cm³/mol. The van der Waals surface area contributed by atoms with Crippen molar-refractivity contribution in [2.75, 3.05) is 10.6 Å². The number of nitrogens with zero attached hydrogens (tertiary/aromatic N) is 2. The minimum atomic E-state index is 0.00156. The van der Waals surface area contributed by atoms with Crippen LogP contribution < -0.4 is 19.7 Å². The fourth-order valence-electron chi connectivity index (χ4n) is 3.82. The Morgan fingerprint density at radius 3 is 1.38 bits per heavy atom. The lowest BCUT2D eigenvalue weighted by molar-refractivity contribution is 0.562. The first-order chi connectivity index (χ1) is 15.1. The second kappa shape index (κ2) is 7.42. The van der Waals surface area contributed by atoms with Crippen LogP contribution >= 0.6 is 22.7 Å². The Kier molecular flexibility index (Phi) is 4.91. The van der Waals surface area contributed by atoms with Crippen molar-refractivity contribution < 1.29 is 0 Å². The predicted octanol–water partition coefficient (Wildman–Crippen LogP) is 6.10. The van der Waals surface area contributed by atoms with Gasteiger partial charge in [-0.25, -0.2) is 9.97 Å². The average molecular weight is 461 g/mol. The van der Waals surface area contributed by atoms with E-state index in [0.29, 0.717) is 0 Å². The highest BCUT2D eigenvalue weighted by molar-refractivity contribution is 7.15. The maximum Gasteiger partial charge on any atom is 0.119 e. The minimum Gasteiger partial charge on any atom is -0.347 e. The molecule has 0 saturated carbocycles. The van der Waals surface area contributed by atoms with Crippen molar-refractivity contribution in [3.63, 3.8) is 0 Å². The fraction of sp³-hybridized carbons (Fsp3) is 0.308. The molecule has 0 saturated heterocycles. The van der Waals surface area contributed by atoms with Crippen LogP contribution in [-0.4, -0.2) is 9.97 Å². The summed E-state index contributed by atoms with van der Waals surface area (Å²) in [5.74, 6) is 0. The second-order valence-corrected chi connectivity index (χ2v) is 12.4. The van der Waals surface area contributed by atoms with Gasteiger partial charge < -0.3 is 10.6 Å². The van der Waals surface area contributed by atoms with Crippen molar-refractivity contribution in [1.82, 2.24) is 9.97 Å². The molecule has 0 spiro atoms. The minimum absolute atomic E-state index is 0.00156. The smallest absolute Gasteiger partial charge is 0.119 e.